The van der Waals surface area contributed by atoms with Gasteiger partial charge in [0, 0.05) is 17.8 Å². The average Bonchev–Trinajstić information content (AvgIpc) is 3.02. The zero-order valence-electron chi connectivity index (χ0n) is 14.5. The van der Waals surface area contributed by atoms with Crippen LogP contribution in [0.5, 0.6) is 11.5 Å². The second kappa shape index (κ2) is 6.88. The van der Waals surface area contributed by atoms with Crippen LogP contribution in [-0.4, -0.2) is 16.7 Å². The lowest BCUT2D eigenvalue weighted by molar-refractivity contribution is 0.0733. The normalized spacial score (nSPS) is 14.0. The van der Waals surface area contributed by atoms with Crippen molar-refractivity contribution in [2.24, 2.45) is 0 Å². The SMILES string of the molecule is Cc1c(OC(=O)c2ccccc2)ccc2c1O/C(=C\c1ccccn1)C2=O. The molecule has 0 bridgehead atoms. The molecule has 1 aromatic heterocycles. The van der Waals surface area contributed by atoms with E-state index in [1.165, 1.54) is 0 Å². The number of aromatic nitrogens is 1. The molecular formula is C22H15NO4. The second-order valence-corrected chi connectivity index (χ2v) is 6.02. The predicted octanol–water partition coefficient (Wildman–Crippen LogP) is 4.23. The Labute approximate surface area is 155 Å². The molecule has 5 heteroatoms. The van der Waals surface area contributed by atoms with Gasteiger partial charge in [-0.25, -0.2) is 4.79 Å². The van der Waals surface area contributed by atoms with Crippen molar-refractivity contribution in [1.29, 1.82) is 0 Å². The van der Waals surface area contributed by atoms with Gasteiger partial charge >= 0.3 is 5.97 Å². The van der Waals surface area contributed by atoms with Gasteiger partial charge in [-0.3, -0.25) is 9.78 Å². The van der Waals surface area contributed by atoms with Crippen molar-refractivity contribution in [3.8, 4) is 11.5 Å². The molecule has 3 aromatic rings. The van der Waals surface area contributed by atoms with E-state index in [9.17, 15) is 9.59 Å². The molecule has 0 spiro atoms. The fourth-order valence-electron chi connectivity index (χ4n) is 2.81. The van der Waals surface area contributed by atoms with E-state index >= 15 is 0 Å². The standard InChI is InChI=1S/C22H15NO4/c1-14-18(27-22(25)15-7-3-2-4-8-15)11-10-17-20(24)19(26-21(14)17)13-16-9-5-6-12-23-16/h2-13H,1H3/b19-13-. The number of Topliss-reactive ketones (excluding diaryl/α,β-unsaturated/α-hetero) is 1. The van der Waals surface area contributed by atoms with E-state index in [0.717, 1.165) is 0 Å². The summed E-state index contributed by atoms with van der Waals surface area (Å²) in [7, 11) is 0. The largest absolute Gasteiger partial charge is 0.452 e. The first-order chi connectivity index (χ1) is 13.1. The van der Waals surface area contributed by atoms with E-state index in [1.807, 2.05) is 12.1 Å². The predicted molar refractivity (Wildman–Crippen MR) is 99.8 cm³/mol. The molecule has 0 unspecified atom stereocenters. The molecule has 0 saturated carbocycles. The summed E-state index contributed by atoms with van der Waals surface area (Å²) in [5.74, 6) is 0.264. The van der Waals surface area contributed by atoms with Crippen LogP contribution in [0.15, 0.2) is 72.6 Å². The van der Waals surface area contributed by atoms with Gasteiger partial charge < -0.3 is 9.47 Å². The van der Waals surface area contributed by atoms with Crippen molar-refractivity contribution in [1.82, 2.24) is 4.98 Å². The van der Waals surface area contributed by atoms with Crippen LogP contribution in [0.3, 0.4) is 0 Å². The summed E-state index contributed by atoms with van der Waals surface area (Å²) in [5, 5.41) is 0. The number of ketones is 1. The monoisotopic (exact) mass is 357 g/mol. The molecule has 132 valence electrons. The third-order valence-electron chi connectivity index (χ3n) is 4.22. The van der Waals surface area contributed by atoms with Crippen molar-refractivity contribution >= 4 is 17.8 Å². The molecule has 0 aliphatic carbocycles. The van der Waals surface area contributed by atoms with E-state index in [4.69, 9.17) is 9.47 Å². The quantitative estimate of drug-likeness (QED) is 0.399. The van der Waals surface area contributed by atoms with Crippen LogP contribution in [0.4, 0.5) is 0 Å². The maximum Gasteiger partial charge on any atom is 0.343 e. The molecule has 0 saturated heterocycles. The zero-order valence-corrected chi connectivity index (χ0v) is 14.5. The lowest BCUT2D eigenvalue weighted by Gasteiger charge is -2.10. The number of hydrogen-bond acceptors (Lipinski definition) is 5. The topological polar surface area (TPSA) is 65.5 Å². The molecule has 2 heterocycles. The molecule has 1 aliphatic heterocycles. The maximum absolute atomic E-state index is 12.6. The molecule has 27 heavy (non-hydrogen) atoms. The van der Waals surface area contributed by atoms with Gasteiger partial charge in [-0.15, -0.1) is 0 Å². The Morgan fingerprint density at radius 2 is 1.81 bits per heavy atom. The van der Waals surface area contributed by atoms with Crippen LogP contribution < -0.4 is 9.47 Å². The highest BCUT2D eigenvalue weighted by Gasteiger charge is 2.30. The van der Waals surface area contributed by atoms with E-state index in [0.29, 0.717) is 33.9 Å². The van der Waals surface area contributed by atoms with Crippen LogP contribution in [0.2, 0.25) is 0 Å². The number of ether oxygens (including phenoxy) is 2. The summed E-state index contributed by atoms with van der Waals surface area (Å²) in [5.41, 5.74) is 2.11. The van der Waals surface area contributed by atoms with Gasteiger partial charge in [0.2, 0.25) is 5.78 Å². The Kier molecular flexibility index (Phi) is 4.26. The van der Waals surface area contributed by atoms with Crippen molar-refractivity contribution in [3.63, 3.8) is 0 Å². The first-order valence-corrected chi connectivity index (χ1v) is 8.39. The third kappa shape index (κ3) is 3.22. The highest BCUT2D eigenvalue weighted by atomic mass is 16.5. The summed E-state index contributed by atoms with van der Waals surface area (Å²) in [4.78, 5) is 29.0. The van der Waals surface area contributed by atoms with Crippen molar-refractivity contribution < 1.29 is 19.1 Å². The van der Waals surface area contributed by atoms with Crippen LogP contribution in [0.1, 0.15) is 32.0 Å². The summed E-state index contributed by atoms with van der Waals surface area (Å²) < 4.78 is 11.2. The van der Waals surface area contributed by atoms with Crippen LogP contribution in [0.25, 0.3) is 6.08 Å². The van der Waals surface area contributed by atoms with Gasteiger partial charge in [0.25, 0.3) is 0 Å². The molecule has 0 fully saturated rings. The Morgan fingerprint density at radius 1 is 1.04 bits per heavy atom. The van der Waals surface area contributed by atoms with Crippen LogP contribution in [0, 0.1) is 6.92 Å². The second-order valence-electron chi connectivity index (χ2n) is 6.02. The zero-order chi connectivity index (χ0) is 18.8. The Hall–Kier alpha value is -3.73. The molecule has 0 amide bonds. The lowest BCUT2D eigenvalue weighted by Crippen LogP contribution is -2.09. The molecule has 5 nitrogen and oxygen atoms in total. The number of nitrogens with zero attached hydrogens (tertiary/aromatic N) is 1. The number of hydrogen-bond donors (Lipinski definition) is 0. The number of fused-ring (bicyclic) bond motifs is 1. The Bertz CT molecular complexity index is 1060. The van der Waals surface area contributed by atoms with Gasteiger partial charge in [0.1, 0.15) is 11.5 Å². The van der Waals surface area contributed by atoms with Crippen molar-refractivity contribution in [2.45, 2.75) is 6.92 Å². The minimum Gasteiger partial charge on any atom is -0.452 e. The molecule has 1 aliphatic rings. The third-order valence-corrected chi connectivity index (χ3v) is 4.22. The average molecular weight is 357 g/mol. The number of carbonyl (C=O) groups excluding carboxylic acids is 2. The van der Waals surface area contributed by atoms with Crippen molar-refractivity contribution in [2.75, 3.05) is 0 Å². The van der Waals surface area contributed by atoms with Gasteiger partial charge in [0.15, 0.2) is 5.76 Å². The fourth-order valence-corrected chi connectivity index (χ4v) is 2.81. The smallest absolute Gasteiger partial charge is 0.343 e. The van der Waals surface area contributed by atoms with Crippen LogP contribution >= 0.6 is 0 Å². The first-order valence-electron chi connectivity index (χ1n) is 8.39. The minimum absolute atomic E-state index is 0.193. The highest BCUT2D eigenvalue weighted by molar-refractivity contribution is 6.14. The van der Waals surface area contributed by atoms with E-state index < -0.39 is 5.97 Å². The number of rotatable bonds is 3. The van der Waals surface area contributed by atoms with Gasteiger partial charge in [0.05, 0.1) is 16.8 Å². The van der Waals surface area contributed by atoms with Crippen molar-refractivity contribution in [3.05, 3.63) is 95.0 Å². The number of pyridine rings is 1. The van der Waals surface area contributed by atoms with Crippen LogP contribution in [-0.2, 0) is 0 Å². The van der Waals surface area contributed by atoms with E-state index in [1.54, 1.807) is 67.7 Å². The molecule has 2 aromatic carbocycles. The Balaban J connectivity index is 1.63. The Morgan fingerprint density at radius 3 is 2.56 bits per heavy atom. The molecular weight excluding hydrogens is 342 g/mol. The minimum atomic E-state index is -0.466. The van der Waals surface area contributed by atoms with E-state index in [-0.39, 0.29) is 11.5 Å². The summed E-state index contributed by atoms with van der Waals surface area (Å²) in [6, 6.07) is 17.4. The van der Waals surface area contributed by atoms with E-state index in [2.05, 4.69) is 4.98 Å². The highest BCUT2D eigenvalue weighted by Crippen LogP contribution is 2.39. The lowest BCUT2D eigenvalue weighted by atomic mass is 10.1. The number of allylic oxidation sites excluding steroid dienone is 1. The van der Waals surface area contributed by atoms with Gasteiger partial charge in [-0.2, -0.15) is 0 Å². The maximum atomic E-state index is 12.6. The fraction of sp³-hybridized carbons (Fsp3) is 0.0455. The molecule has 0 N–H and O–H groups in total. The number of carbonyl (C=O) groups is 2. The number of benzene rings is 2. The van der Waals surface area contributed by atoms with Gasteiger partial charge in [-0.05, 0) is 43.3 Å². The molecule has 0 atom stereocenters. The first kappa shape index (κ1) is 16.7. The number of esters is 1. The summed E-state index contributed by atoms with van der Waals surface area (Å²) in [6.07, 6.45) is 3.24. The summed E-state index contributed by atoms with van der Waals surface area (Å²) >= 11 is 0. The molecule has 4 rings (SSSR count). The van der Waals surface area contributed by atoms with Gasteiger partial charge in [-0.1, -0.05) is 24.3 Å². The summed E-state index contributed by atoms with van der Waals surface area (Å²) in [6.45, 7) is 1.75. The molecule has 0 radical (unpaired) electrons.